The minimum atomic E-state index is -0.109. The van der Waals surface area contributed by atoms with E-state index >= 15 is 0 Å². The molecule has 2 rings (SSSR count). The van der Waals surface area contributed by atoms with E-state index < -0.39 is 0 Å². The van der Waals surface area contributed by atoms with Crippen molar-refractivity contribution in [2.24, 2.45) is 0 Å². The molecule has 0 aliphatic heterocycles. The molecular formula is C14H22ClN3O. The topological polar surface area (TPSA) is 47.0 Å². The zero-order valence-corrected chi connectivity index (χ0v) is 13.0. The molecule has 0 saturated heterocycles. The van der Waals surface area contributed by atoms with Crippen LogP contribution in [0.15, 0.2) is 0 Å². The van der Waals surface area contributed by atoms with Gasteiger partial charge in [0.25, 0.3) is 0 Å². The minimum absolute atomic E-state index is 0.109. The van der Waals surface area contributed by atoms with Gasteiger partial charge in [0, 0.05) is 24.1 Å². The maximum atomic E-state index is 6.21. The average molecular weight is 284 g/mol. The Balaban J connectivity index is 2.18. The molecule has 1 saturated carbocycles. The van der Waals surface area contributed by atoms with Gasteiger partial charge in [0.05, 0.1) is 6.10 Å². The molecule has 106 valence electrons. The maximum absolute atomic E-state index is 6.21. The molecule has 19 heavy (non-hydrogen) atoms. The first kappa shape index (κ1) is 14.5. The van der Waals surface area contributed by atoms with Crippen molar-refractivity contribution in [3.8, 4) is 0 Å². The van der Waals surface area contributed by atoms with Crippen LogP contribution in [-0.4, -0.2) is 29.2 Å². The molecule has 1 fully saturated rings. The van der Waals surface area contributed by atoms with Gasteiger partial charge in [-0.2, -0.15) is 0 Å². The molecule has 5 heteroatoms. The van der Waals surface area contributed by atoms with Crippen LogP contribution in [0, 0.1) is 6.92 Å². The Morgan fingerprint density at radius 1 is 1.26 bits per heavy atom. The van der Waals surface area contributed by atoms with Gasteiger partial charge in [-0.15, -0.1) is 0 Å². The van der Waals surface area contributed by atoms with Gasteiger partial charge in [0.1, 0.15) is 16.8 Å². The van der Waals surface area contributed by atoms with E-state index in [2.05, 4.69) is 36.1 Å². The lowest BCUT2D eigenvalue weighted by atomic mass is 9.89. The third kappa shape index (κ3) is 3.18. The molecule has 4 nitrogen and oxygen atoms in total. The third-order valence-corrected chi connectivity index (χ3v) is 3.89. The van der Waals surface area contributed by atoms with Crippen molar-refractivity contribution in [3.05, 3.63) is 16.5 Å². The van der Waals surface area contributed by atoms with Crippen LogP contribution < -0.4 is 5.32 Å². The zero-order valence-electron chi connectivity index (χ0n) is 12.2. The SMILES string of the molecule is COC1CC(Nc2nc(C(C)(C)C)nc(Cl)c2C)C1. The van der Waals surface area contributed by atoms with Crippen LogP contribution in [0.1, 0.15) is 45.0 Å². The van der Waals surface area contributed by atoms with E-state index in [1.807, 2.05) is 6.92 Å². The van der Waals surface area contributed by atoms with Gasteiger partial charge >= 0.3 is 0 Å². The van der Waals surface area contributed by atoms with Gasteiger partial charge in [-0.25, -0.2) is 9.97 Å². The highest BCUT2D eigenvalue weighted by Gasteiger charge is 2.30. The number of halogens is 1. The van der Waals surface area contributed by atoms with Crippen LogP contribution in [0.25, 0.3) is 0 Å². The van der Waals surface area contributed by atoms with Crippen LogP contribution in [0.5, 0.6) is 0 Å². The van der Waals surface area contributed by atoms with Crippen LogP contribution in [-0.2, 0) is 10.2 Å². The second-order valence-corrected chi connectivity index (χ2v) is 6.59. The van der Waals surface area contributed by atoms with E-state index in [-0.39, 0.29) is 5.41 Å². The van der Waals surface area contributed by atoms with Crippen molar-refractivity contribution in [1.29, 1.82) is 0 Å². The molecule has 1 aromatic heterocycles. The molecule has 1 aromatic rings. The Hall–Kier alpha value is -0.870. The monoisotopic (exact) mass is 283 g/mol. The Morgan fingerprint density at radius 2 is 1.89 bits per heavy atom. The summed E-state index contributed by atoms with van der Waals surface area (Å²) in [5.41, 5.74) is 0.804. The summed E-state index contributed by atoms with van der Waals surface area (Å²) in [4.78, 5) is 9.01. The first-order valence-corrected chi connectivity index (χ1v) is 7.03. The second-order valence-electron chi connectivity index (χ2n) is 6.23. The normalized spacial score (nSPS) is 23.1. The molecule has 1 aliphatic rings. The quantitative estimate of drug-likeness (QED) is 0.865. The van der Waals surface area contributed by atoms with E-state index in [1.54, 1.807) is 7.11 Å². The predicted octanol–water partition coefficient (Wildman–Crippen LogP) is 3.33. The van der Waals surface area contributed by atoms with Crippen molar-refractivity contribution in [3.63, 3.8) is 0 Å². The molecular weight excluding hydrogens is 262 g/mol. The fourth-order valence-corrected chi connectivity index (χ4v) is 2.20. The second kappa shape index (κ2) is 5.25. The molecule has 1 N–H and O–H groups in total. The van der Waals surface area contributed by atoms with Crippen LogP contribution in [0.4, 0.5) is 5.82 Å². The molecule has 0 spiro atoms. The first-order valence-electron chi connectivity index (χ1n) is 6.65. The highest BCUT2D eigenvalue weighted by Crippen LogP contribution is 2.30. The number of methoxy groups -OCH3 is 1. The van der Waals surface area contributed by atoms with Gasteiger partial charge in [0.15, 0.2) is 0 Å². The van der Waals surface area contributed by atoms with Crippen molar-refractivity contribution >= 4 is 17.4 Å². The lowest BCUT2D eigenvalue weighted by Crippen LogP contribution is -2.40. The lowest BCUT2D eigenvalue weighted by Gasteiger charge is -2.35. The van der Waals surface area contributed by atoms with Crippen molar-refractivity contribution in [1.82, 2.24) is 9.97 Å². The standard InChI is InChI=1S/C14H22ClN3O/c1-8-11(15)17-13(14(2,3)4)18-12(8)16-9-6-10(7-9)19-5/h9-10H,6-7H2,1-5H3,(H,16,17,18). The number of nitrogens with zero attached hydrogens (tertiary/aromatic N) is 2. The van der Waals surface area contributed by atoms with Crippen molar-refractivity contribution < 1.29 is 4.74 Å². The van der Waals surface area contributed by atoms with E-state index in [0.29, 0.717) is 17.3 Å². The molecule has 0 amide bonds. The third-order valence-electron chi connectivity index (χ3n) is 3.53. The summed E-state index contributed by atoms with van der Waals surface area (Å²) in [7, 11) is 1.76. The Morgan fingerprint density at radius 3 is 2.42 bits per heavy atom. The van der Waals surface area contributed by atoms with Crippen molar-refractivity contribution in [2.45, 2.75) is 58.1 Å². The van der Waals surface area contributed by atoms with E-state index in [4.69, 9.17) is 16.3 Å². The molecule has 1 heterocycles. The minimum Gasteiger partial charge on any atom is -0.381 e. The lowest BCUT2D eigenvalue weighted by molar-refractivity contribution is 0.0327. The number of nitrogens with one attached hydrogen (secondary N) is 1. The van der Waals surface area contributed by atoms with Crippen LogP contribution in [0.2, 0.25) is 5.15 Å². The molecule has 1 aliphatic carbocycles. The maximum Gasteiger partial charge on any atom is 0.137 e. The number of aromatic nitrogens is 2. The zero-order chi connectivity index (χ0) is 14.2. The summed E-state index contributed by atoms with van der Waals surface area (Å²) in [6, 6.07) is 0.419. The van der Waals surface area contributed by atoms with Gasteiger partial charge < -0.3 is 10.1 Å². The summed E-state index contributed by atoms with van der Waals surface area (Å²) in [5, 5.41) is 3.98. The predicted molar refractivity (Wildman–Crippen MR) is 77.9 cm³/mol. The number of ether oxygens (including phenoxy) is 1. The van der Waals surface area contributed by atoms with Gasteiger partial charge in [-0.3, -0.25) is 0 Å². The molecule has 0 aromatic carbocycles. The number of rotatable bonds is 3. The van der Waals surface area contributed by atoms with Crippen LogP contribution >= 0.6 is 11.6 Å². The van der Waals surface area contributed by atoms with E-state index in [9.17, 15) is 0 Å². The number of hydrogen-bond donors (Lipinski definition) is 1. The van der Waals surface area contributed by atoms with Crippen LogP contribution in [0.3, 0.4) is 0 Å². The first-order chi connectivity index (χ1) is 8.81. The molecule has 0 atom stereocenters. The highest BCUT2D eigenvalue weighted by molar-refractivity contribution is 6.30. The Bertz CT molecular complexity index is 464. The van der Waals surface area contributed by atoms with Gasteiger partial charge in [-0.1, -0.05) is 32.4 Å². The van der Waals surface area contributed by atoms with E-state index in [1.165, 1.54) is 0 Å². The van der Waals surface area contributed by atoms with E-state index in [0.717, 1.165) is 30.0 Å². The molecule has 0 bridgehead atoms. The Labute approximate surface area is 119 Å². The summed E-state index contributed by atoms with van der Waals surface area (Å²) in [6.07, 6.45) is 2.40. The molecule has 0 unspecified atom stereocenters. The largest absolute Gasteiger partial charge is 0.381 e. The smallest absolute Gasteiger partial charge is 0.137 e. The van der Waals surface area contributed by atoms with Gasteiger partial charge in [-0.05, 0) is 19.8 Å². The summed E-state index contributed by atoms with van der Waals surface area (Å²) in [5.74, 6) is 1.62. The average Bonchev–Trinajstić information content (AvgIpc) is 2.26. The fourth-order valence-electron chi connectivity index (χ4n) is 2.03. The number of hydrogen-bond acceptors (Lipinski definition) is 4. The number of anilines is 1. The highest BCUT2D eigenvalue weighted by atomic mass is 35.5. The van der Waals surface area contributed by atoms with Crippen molar-refractivity contribution in [2.75, 3.05) is 12.4 Å². The summed E-state index contributed by atoms with van der Waals surface area (Å²) >= 11 is 6.21. The molecule has 0 radical (unpaired) electrons. The van der Waals surface area contributed by atoms with Gasteiger partial charge in [0.2, 0.25) is 0 Å². The summed E-state index contributed by atoms with van der Waals surface area (Å²) in [6.45, 7) is 8.20. The fraction of sp³-hybridized carbons (Fsp3) is 0.714. The Kier molecular flexibility index (Phi) is 4.02. The summed E-state index contributed by atoms with van der Waals surface area (Å²) < 4.78 is 5.29.